The fourth-order valence-corrected chi connectivity index (χ4v) is 3.16. The molecular weight excluding hydrogens is 372 g/mol. The number of guanidine groups is 1. The van der Waals surface area contributed by atoms with Gasteiger partial charge in [-0.15, -0.1) is 0 Å². The normalized spacial score (nSPS) is 12.0. The zero-order valence-electron chi connectivity index (χ0n) is 14.8. The molecule has 3 N–H and O–H groups in total. The lowest BCUT2D eigenvalue weighted by atomic mass is 10.2. The maximum Gasteiger partial charge on any atom is 0.240 e. The maximum absolute atomic E-state index is 11.7. The van der Waals surface area contributed by atoms with Crippen LogP contribution in [0.15, 0.2) is 58.4 Å². The van der Waals surface area contributed by atoms with E-state index in [-0.39, 0.29) is 4.90 Å². The molecule has 0 aliphatic heterocycles. The van der Waals surface area contributed by atoms with E-state index in [1.165, 1.54) is 7.05 Å². The Morgan fingerprint density at radius 1 is 1.08 bits per heavy atom. The molecule has 6 nitrogen and oxygen atoms in total. The second-order valence-corrected chi connectivity index (χ2v) is 7.79. The lowest BCUT2D eigenvalue weighted by Crippen LogP contribution is -2.36. The molecule has 0 spiro atoms. The van der Waals surface area contributed by atoms with Crippen LogP contribution < -0.4 is 15.4 Å². The first-order valence-corrected chi connectivity index (χ1v) is 10.1. The minimum atomic E-state index is -3.42. The van der Waals surface area contributed by atoms with Crippen molar-refractivity contribution in [2.45, 2.75) is 24.9 Å². The second-order valence-electron chi connectivity index (χ2n) is 5.49. The Bertz CT molecular complexity index is 852. The largest absolute Gasteiger partial charge is 0.357 e. The third-order valence-electron chi connectivity index (χ3n) is 3.67. The smallest absolute Gasteiger partial charge is 0.240 e. The highest BCUT2D eigenvalue weighted by molar-refractivity contribution is 7.89. The molecule has 0 radical (unpaired) electrons. The number of rotatable bonds is 7. The Morgan fingerprint density at radius 3 is 2.38 bits per heavy atom. The van der Waals surface area contributed by atoms with Gasteiger partial charge in [-0.05, 0) is 43.3 Å². The average Bonchev–Trinajstić information content (AvgIpc) is 2.65. The number of nitrogens with zero attached hydrogens (tertiary/aromatic N) is 1. The van der Waals surface area contributed by atoms with E-state index >= 15 is 0 Å². The first-order valence-electron chi connectivity index (χ1n) is 8.24. The summed E-state index contributed by atoms with van der Waals surface area (Å²) in [5.74, 6) is 0.666. The van der Waals surface area contributed by atoms with E-state index in [0.717, 1.165) is 17.7 Å². The van der Waals surface area contributed by atoms with Crippen LogP contribution in [0, 0.1) is 0 Å². The topological polar surface area (TPSA) is 82.6 Å². The van der Waals surface area contributed by atoms with Crippen molar-refractivity contribution in [2.75, 3.05) is 13.6 Å². The van der Waals surface area contributed by atoms with E-state index in [1.54, 1.807) is 24.3 Å². The van der Waals surface area contributed by atoms with Crippen LogP contribution in [0.1, 0.15) is 18.1 Å². The van der Waals surface area contributed by atoms with E-state index in [0.29, 0.717) is 24.1 Å². The number of aliphatic imine (C=N–C) groups is 1. The Morgan fingerprint density at radius 2 is 1.77 bits per heavy atom. The summed E-state index contributed by atoms with van der Waals surface area (Å²) in [4.78, 5) is 4.76. The van der Waals surface area contributed by atoms with Crippen LogP contribution in [-0.2, 0) is 23.1 Å². The molecule has 0 bridgehead atoms. The van der Waals surface area contributed by atoms with Crippen LogP contribution in [0.4, 0.5) is 0 Å². The highest BCUT2D eigenvalue weighted by Gasteiger charge is 2.10. The van der Waals surface area contributed by atoms with E-state index in [4.69, 9.17) is 11.6 Å². The van der Waals surface area contributed by atoms with Crippen LogP contribution in [0.3, 0.4) is 0 Å². The molecule has 0 saturated heterocycles. The van der Waals surface area contributed by atoms with Gasteiger partial charge in [-0.1, -0.05) is 41.9 Å². The van der Waals surface area contributed by atoms with Gasteiger partial charge in [0.15, 0.2) is 5.96 Å². The Balaban J connectivity index is 2.03. The molecular formula is C18H23ClN4O2S. The van der Waals surface area contributed by atoms with Crippen LogP contribution in [0.2, 0.25) is 5.02 Å². The van der Waals surface area contributed by atoms with Gasteiger partial charge in [-0.25, -0.2) is 18.1 Å². The van der Waals surface area contributed by atoms with E-state index in [2.05, 4.69) is 20.3 Å². The fourth-order valence-electron chi connectivity index (χ4n) is 2.22. The minimum absolute atomic E-state index is 0.233. The molecule has 0 aliphatic rings. The number of benzene rings is 2. The predicted octanol–water partition coefficient (Wildman–Crippen LogP) is 2.50. The molecule has 0 atom stereocenters. The molecule has 26 heavy (non-hydrogen) atoms. The van der Waals surface area contributed by atoms with Crippen molar-refractivity contribution >= 4 is 27.6 Å². The van der Waals surface area contributed by atoms with E-state index in [1.807, 2.05) is 31.2 Å². The van der Waals surface area contributed by atoms with Gasteiger partial charge in [-0.3, -0.25) is 0 Å². The number of hydrogen-bond donors (Lipinski definition) is 3. The molecule has 0 unspecified atom stereocenters. The van der Waals surface area contributed by atoms with E-state index in [9.17, 15) is 8.42 Å². The van der Waals surface area contributed by atoms with Crippen molar-refractivity contribution < 1.29 is 8.42 Å². The Labute approximate surface area is 159 Å². The molecule has 0 fully saturated rings. The summed E-state index contributed by atoms with van der Waals surface area (Å²) in [5, 5.41) is 7.12. The molecule has 0 heterocycles. The number of sulfonamides is 1. The monoisotopic (exact) mass is 394 g/mol. The summed E-state index contributed by atoms with van der Waals surface area (Å²) in [6.07, 6.45) is 0. The standard InChI is InChI=1S/C18H23ClN4O2S/c1-3-21-18(23-13-15-6-4-5-7-17(15)19)22-12-14-8-10-16(11-9-14)26(24,25)20-2/h4-11,20H,3,12-13H2,1-2H3,(H2,21,22,23). The zero-order valence-corrected chi connectivity index (χ0v) is 16.4. The lowest BCUT2D eigenvalue weighted by Gasteiger charge is -2.12. The second kappa shape index (κ2) is 9.56. The van der Waals surface area contributed by atoms with Crippen LogP contribution in [-0.4, -0.2) is 28.0 Å². The summed E-state index contributed by atoms with van der Waals surface area (Å²) < 4.78 is 25.8. The average molecular weight is 395 g/mol. The van der Waals surface area contributed by atoms with Crippen LogP contribution in [0.25, 0.3) is 0 Å². The molecule has 2 rings (SSSR count). The summed E-state index contributed by atoms with van der Waals surface area (Å²) in [5.41, 5.74) is 1.90. The van der Waals surface area contributed by atoms with Crippen molar-refractivity contribution in [3.05, 3.63) is 64.7 Å². The van der Waals surface area contributed by atoms with Gasteiger partial charge < -0.3 is 10.6 Å². The van der Waals surface area contributed by atoms with Crippen LogP contribution >= 0.6 is 11.6 Å². The lowest BCUT2D eigenvalue weighted by molar-refractivity contribution is 0.588. The molecule has 2 aromatic rings. The zero-order chi connectivity index (χ0) is 19.0. The first kappa shape index (κ1) is 20.2. The Hall–Kier alpha value is -2.09. The molecule has 0 aliphatic carbocycles. The number of nitrogens with one attached hydrogen (secondary N) is 3. The van der Waals surface area contributed by atoms with Crippen LogP contribution in [0.5, 0.6) is 0 Å². The molecule has 2 aromatic carbocycles. The maximum atomic E-state index is 11.7. The molecule has 0 aromatic heterocycles. The van der Waals surface area contributed by atoms with Gasteiger partial charge in [0, 0.05) is 18.1 Å². The summed E-state index contributed by atoms with van der Waals surface area (Å²) in [7, 11) is -2.03. The van der Waals surface area contributed by atoms with Crippen molar-refractivity contribution in [2.24, 2.45) is 4.99 Å². The Kier molecular flexibility index (Phi) is 7.44. The first-order chi connectivity index (χ1) is 12.5. The third kappa shape index (κ3) is 5.72. The minimum Gasteiger partial charge on any atom is -0.357 e. The van der Waals surface area contributed by atoms with Gasteiger partial charge in [0.2, 0.25) is 10.0 Å². The van der Waals surface area contributed by atoms with Gasteiger partial charge in [0.25, 0.3) is 0 Å². The van der Waals surface area contributed by atoms with Gasteiger partial charge >= 0.3 is 0 Å². The highest BCUT2D eigenvalue weighted by atomic mass is 35.5. The van der Waals surface area contributed by atoms with Crippen molar-refractivity contribution in [1.82, 2.24) is 15.4 Å². The van der Waals surface area contributed by atoms with Gasteiger partial charge in [0.1, 0.15) is 0 Å². The van der Waals surface area contributed by atoms with Crippen molar-refractivity contribution in [3.8, 4) is 0 Å². The third-order valence-corrected chi connectivity index (χ3v) is 5.47. The van der Waals surface area contributed by atoms with E-state index < -0.39 is 10.0 Å². The summed E-state index contributed by atoms with van der Waals surface area (Å²) in [6.45, 7) is 3.71. The molecule has 0 saturated carbocycles. The van der Waals surface area contributed by atoms with Gasteiger partial charge in [0.05, 0.1) is 11.4 Å². The number of halogens is 1. The summed E-state index contributed by atoms with van der Waals surface area (Å²) in [6, 6.07) is 14.3. The fraction of sp³-hybridized carbons (Fsp3) is 0.278. The molecule has 140 valence electrons. The number of hydrogen-bond acceptors (Lipinski definition) is 3. The molecule has 8 heteroatoms. The quantitative estimate of drug-likeness (QED) is 0.497. The SMILES string of the molecule is CCNC(=NCc1ccc(S(=O)(=O)NC)cc1)NCc1ccccc1Cl. The highest BCUT2D eigenvalue weighted by Crippen LogP contribution is 2.14. The predicted molar refractivity (Wildman–Crippen MR) is 106 cm³/mol. The van der Waals surface area contributed by atoms with Crippen molar-refractivity contribution in [3.63, 3.8) is 0 Å². The summed E-state index contributed by atoms with van der Waals surface area (Å²) >= 11 is 6.17. The molecule has 0 amide bonds. The van der Waals surface area contributed by atoms with Gasteiger partial charge in [-0.2, -0.15) is 0 Å². The van der Waals surface area contributed by atoms with Crippen molar-refractivity contribution in [1.29, 1.82) is 0 Å².